The highest BCUT2D eigenvalue weighted by molar-refractivity contribution is 14.1. The van der Waals surface area contributed by atoms with Crippen LogP contribution in [0.15, 0.2) is 41.7 Å². The Bertz CT molecular complexity index is 652. The largest absolute Gasteiger partial charge is 0.364 e. The van der Waals surface area contributed by atoms with E-state index < -0.39 is 11.6 Å². The van der Waals surface area contributed by atoms with Crippen molar-refractivity contribution in [2.45, 2.75) is 6.54 Å². The van der Waals surface area contributed by atoms with Crippen LogP contribution in [-0.4, -0.2) is 10.9 Å². The van der Waals surface area contributed by atoms with Gasteiger partial charge in [0.1, 0.15) is 11.9 Å². The van der Waals surface area contributed by atoms with Gasteiger partial charge in [0.25, 0.3) is 0 Å². The topological polar surface area (TPSA) is 34.5 Å². The average molecular weight is 409 g/mol. The lowest BCUT2D eigenvalue weighted by atomic mass is 10.2. The molecule has 20 heavy (non-hydrogen) atoms. The Morgan fingerprint density at radius 1 is 1.30 bits per heavy atom. The zero-order chi connectivity index (χ0) is 14.5. The molecule has 0 radical (unpaired) electrons. The van der Waals surface area contributed by atoms with Gasteiger partial charge in [-0.1, -0.05) is 6.07 Å². The van der Waals surface area contributed by atoms with Gasteiger partial charge in [-0.05, 0) is 46.4 Å². The van der Waals surface area contributed by atoms with Gasteiger partial charge in [0.05, 0.1) is 12.1 Å². The van der Waals surface area contributed by atoms with Crippen molar-refractivity contribution in [1.29, 1.82) is 0 Å². The molecule has 1 heterocycles. The number of aliphatic imine (C=N–C) groups is 1. The first-order valence-electron chi connectivity index (χ1n) is 5.48. The molecule has 3 nitrogen and oxygen atoms in total. The van der Waals surface area contributed by atoms with Gasteiger partial charge in [0, 0.05) is 16.0 Å². The van der Waals surface area contributed by atoms with Gasteiger partial charge in [-0.3, -0.25) is 4.98 Å². The van der Waals surface area contributed by atoms with E-state index in [2.05, 4.69) is 32.6 Å². The van der Waals surface area contributed by atoms with E-state index in [1.165, 1.54) is 6.07 Å². The molecule has 0 saturated heterocycles. The predicted molar refractivity (Wildman–Crippen MR) is 80.5 cm³/mol. The summed E-state index contributed by atoms with van der Waals surface area (Å²) in [6.45, 7) is 0.115. The Hall–Kier alpha value is -1.28. The van der Waals surface area contributed by atoms with Gasteiger partial charge >= 0.3 is 0 Å². The monoisotopic (exact) mass is 408 g/mol. The molecule has 0 spiro atoms. The molecule has 0 aliphatic rings. The number of benzene rings is 1. The molecule has 0 N–H and O–H groups in total. The molecule has 0 aliphatic heterocycles. The number of aromatic nitrogens is 1. The molecule has 2 rings (SSSR count). The third-order valence-electron chi connectivity index (χ3n) is 2.46. The average Bonchev–Trinajstić information content (AvgIpc) is 2.45. The molecular weight excluding hydrogens is 401 g/mol. The van der Waals surface area contributed by atoms with E-state index >= 15 is 0 Å². The lowest BCUT2D eigenvalue weighted by Gasteiger charge is -2.05. The van der Waals surface area contributed by atoms with Crippen molar-refractivity contribution < 1.29 is 13.1 Å². The van der Waals surface area contributed by atoms with Crippen LogP contribution in [0.5, 0.6) is 0 Å². The number of rotatable bonds is 3. The molecule has 2 aromatic rings. The lowest BCUT2D eigenvalue weighted by Crippen LogP contribution is -2.05. The van der Waals surface area contributed by atoms with Crippen molar-refractivity contribution in [2.75, 3.05) is 0 Å². The van der Waals surface area contributed by atoms with Crippen LogP contribution in [0.25, 0.3) is 0 Å². The summed E-state index contributed by atoms with van der Waals surface area (Å²) in [6.07, 6.45) is 3.20. The fourth-order valence-corrected chi connectivity index (χ4v) is 2.15. The predicted octanol–water partition coefficient (Wildman–Crippen LogP) is 4.08. The van der Waals surface area contributed by atoms with E-state index in [0.717, 1.165) is 15.7 Å². The molecule has 1 aromatic heterocycles. The Morgan fingerprint density at radius 2 is 2.10 bits per heavy atom. The van der Waals surface area contributed by atoms with Crippen molar-refractivity contribution in [3.8, 4) is 0 Å². The van der Waals surface area contributed by atoms with Crippen molar-refractivity contribution in [3.63, 3.8) is 0 Å². The normalized spacial score (nSPS) is 11.5. The summed E-state index contributed by atoms with van der Waals surface area (Å²) in [6, 6.07) is 5.36. The number of halogens is 4. The van der Waals surface area contributed by atoms with E-state index in [-0.39, 0.29) is 12.4 Å². The van der Waals surface area contributed by atoms with Gasteiger partial charge in [-0.15, -0.1) is 0 Å². The smallest absolute Gasteiger partial charge is 0.242 e. The maximum Gasteiger partial charge on any atom is 0.242 e. The molecule has 104 valence electrons. The number of hydrogen-bond donors (Lipinski definition) is 0. The fraction of sp³-hybridized carbons (Fsp3) is 0.0769. The van der Waals surface area contributed by atoms with E-state index in [0.29, 0.717) is 11.1 Å². The standard InChI is InChI=1S/C13H8ClF2IN2O/c14-20-13(9-7-18-4-3-12(9)17)19-6-8-1-2-10(15)11(16)5-8/h1-5,7H,6H2. The molecule has 1 aromatic carbocycles. The summed E-state index contributed by atoms with van der Waals surface area (Å²) in [5, 5.41) is 0. The second-order valence-electron chi connectivity index (χ2n) is 3.80. The first-order chi connectivity index (χ1) is 9.61. The van der Waals surface area contributed by atoms with Crippen molar-refractivity contribution in [2.24, 2.45) is 4.99 Å². The summed E-state index contributed by atoms with van der Waals surface area (Å²) in [4.78, 5) is 8.10. The van der Waals surface area contributed by atoms with Gasteiger partial charge in [0.2, 0.25) is 5.90 Å². The highest BCUT2D eigenvalue weighted by atomic mass is 127. The van der Waals surface area contributed by atoms with Gasteiger partial charge < -0.3 is 4.29 Å². The van der Waals surface area contributed by atoms with Crippen LogP contribution in [-0.2, 0) is 10.8 Å². The molecule has 0 atom stereocenters. The third kappa shape index (κ3) is 3.63. The number of pyridine rings is 1. The summed E-state index contributed by atoms with van der Waals surface area (Å²) in [5.41, 5.74) is 1.14. The van der Waals surface area contributed by atoms with E-state index in [1.54, 1.807) is 18.5 Å². The second kappa shape index (κ2) is 6.94. The zero-order valence-corrected chi connectivity index (χ0v) is 12.9. The third-order valence-corrected chi connectivity index (χ3v) is 3.55. The minimum absolute atomic E-state index is 0.115. The van der Waals surface area contributed by atoms with Crippen LogP contribution in [0.2, 0.25) is 0 Å². The van der Waals surface area contributed by atoms with Gasteiger partial charge in [0.15, 0.2) is 11.6 Å². The second-order valence-corrected chi connectivity index (χ2v) is 5.12. The molecule has 0 amide bonds. The maximum absolute atomic E-state index is 13.1. The Kier molecular flexibility index (Phi) is 5.24. The molecule has 0 fully saturated rings. The number of nitrogens with zero attached hydrogens (tertiary/aromatic N) is 2. The number of hydrogen-bond acceptors (Lipinski definition) is 3. The fourth-order valence-electron chi connectivity index (χ4n) is 1.49. The maximum atomic E-state index is 13.1. The van der Waals surface area contributed by atoms with Crippen LogP contribution >= 0.6 is 34.5 Å². The van der Waals surface area contributed by atoms with Crippen LogP contribution < -0.4 is 0 Å². The van der Waals surface area contributed by atoms with E-state index in [4.69, 9.17) is 16.2 Å². The molecule has 0 unspecified atom stereocenters. The molecule has 0 bridgehead atoms. The van der Waals surface area contributed by atoms with E-state index in [1.807, 2.05) is 0 Å². The molecule has 0 aliphatic carbocycles. The van der Waals surface area contributed by atoms with Crippen molar-refractivity contribution in [3.05, 3.63) is 63.0 Å². The lowest BCUT2D eigenvalue weighted by molar-refractivity contribution is 0.507. The van der Waals surface area contributed by atoms with Crippen molar-refractivity contribution >= 4 is 40.4 Å². The quantitative estimate of drug-likeness (QED) is 0.436. The first kappa shape index (κ1) is 15.1. The van der Waals surface area contributed by atoms with Crippen LogP contribution in [0.3, 0.4) is 0 Å². The van der Waals surface area contributed by atoms with Crippen LogP contribution in [0.4, 0.5) is 8.78 Å². The molecule has 7 heteroatoms. The van der Waals surface area contributed by atoms with Crippen LogP contribution in [0.1, 0.15) is 11.1 Å². The van der Waals surface area contributed by atoms with Gasteiger partial charge in [-0.2, -0.15) is 0 Å². The zero-order valence-electron chi connectivity index (χ0n) is 9.99. The molecule has 0 saturated carbocycles. The summed E-state index contributed by atoms with van der Waals surface area (Å²) in [5.74, 6) is -1.63. The minimum atomic E-state index is -0.915. The van der Waals surface area contributed by atoms with Crippen LogP contribution in [0, 0.1) is 15.2 Å². The van der Waals surface area contributed by atoms with Gasteiger partial charge in [-0.25, -0.2) is 13.8 Å². The van der Waals surface area contributed by atoms with E-state index in [9.17, 15) is 8.78 Å². The Balaban J connectivity index is 2.24. The summed E-state index contributed by atoms with van der Waals surface area (Å²) in [7, 11) is 0. The SMILES string of the molecule is Fc1ccc(CN=C(OCl)c2cnccc2I)cc1F. The Labute approximate surface area is 133 Å². The Morgan fingerprint density at radius 3 is 2.75 bits per heavy atom. The summed E-state index contributed by atoms with van der Waals surface area (Å²) >= 11 is 7.49. The summed E-state index contributed by atoms with van der Waals surface area (Å²) < 4.78 is 31.5. The first-order valence-corrected chi connectivity index (χ1v) is 6.87. The van der Waals surface area contributed by atoms with Crippen molar-refractivity contribution in [1.82, 2.24) is 4.98 Å². The highest BCUT2D eigenvalue weighted by Gasteiger charge is 2.10. The highest BCUT2D eigenvalue weighted by Crippen LogP contribution is 2.15. The minimum Gasteiger partial charge on any atom is -0.364 e. The molecular formula is C13H8ClF2IN2O.